The number of ether oxygens (including phenoxy) is 2. The van der Waals surface area contributed by atoms with E-state index in [9.17, 15) is 0 Å². The summed E-state index contributed by atoms with van der Waals surface area (Å²) in [5.41, 5.74) is 2.57. The Kier molecular flexibility index (Phi) is 2.28. The summed E-state index contributed by atoms with van der Waals surface area (Å²) in [4.78, 5) is 2.32. The highest BCUT2D eigenvalue weighted by molar-refractivity contribution is 5.59. The van der Waals surface area contributed by atoms with Crippen LogP contribution < -0.4 is 9.64 Å². The second-order valence-electron chi connectivity index (χ2n) is 4.65. The standard InChI is InChI=1S/C13H17NO2/c1-14-8-9-5-6-16-13(9)11-7-10(15-2)3-4-12(11)14/h3-4,7,9,13H,5-6,8H2,1-2H3. The number of fused-ring (bicyclic) bond motifs is 3. The molecule has 2 heterocycles. The van der Waals surface area contributed by atoms with Crippen LogP contribution in [0.25, 0.3) is 0 Å². The summed E-state index contributed by atoms with van der Waals surface area (Å²) in [6, 6.07) is 6.27. The molecule has 0 aliphatic carbocycles. The molecule has 86 valence electrons. The van der Waals surface area contributed by atoms with Crippen molar-refractivity contribution in [2.24, 2.45) is 5.92 Å². The third-order valence-electron chi connectivity index (χ3n) is 3.68. The van der Waals surface area contributed by atoms with Gasteiger partial charge in [-0.15, -0.1) is 0 Å². The molecule has 2 aliphatic rings. The normalized spacial score (nSPS) is 27.5. The zero-order chi connectivity index (χ0) is 11.1. The van der Waals surface area contributed by atoms with E-state index in [1.807, 2.05) is 6.07 Å². The van der Waals surface area contributed by atoms with Gasteiger partial charge in [0.25, 0.3) is 0 Å². The smallest absolute Gasteiger partial charge is 0.119 e. The topological polar surface area (TPSA) is 21.7 Å². The van der Waals surface area contributed by atoms with Crippen LogP contribution in [0.3, 0.4) is 0 Å². The fourth-order valence-electron chi connectivity index (χ4n) is 2.85. The maximum absolute atomic E-state index is 5.85. The molecule has 3 rings (SSSR count). The molecule has 0 N–H and O–H groups in total. The van der Waals surface area contributed by atoms with Crippen molar-refractivity contribution in [1.29, 1.82) is 0 Å². The van der Waals surface area contributed by atoms with Crippen molar-refractivity contribution in [3.63, 3.8) is 0 Å². The lowest BCUT2D eigenvalue weighted by Gasteiger charge is -2.35. The highest BCUT2D eigenvalue weighted by atomic mass is 16.5. The number of nitrogens with zero attached hydrogens (tertiary/aromatic N) is 1. The van der Waals surface area contributed by atoms with Crippen molar-refractivity contribution in [3.8, 4) is 5.75 Å². The highest BCUT2D eigenvalue weighted by Gasteiger charge is 2.36. The average Bonchev–Trinajstić information content (AvgIpc) is 2.76. The van der Waals surface area contributed by atoms with Gasteiger partial charge in [-0.1, -0.05) is 0 Å². The molecule has 1 aromatic carbocycles. The maximum atomic E-state index is 5.85. The van der Waals surface area contributed by atoms with Crippen LogP contribution in [-0.2, 0) is 4.74 Å². The van der Waals surface area contributed by atoms with Crippen molar-refractivity contribution >= 4 is 5.69 Å². The molecule has 0 saturated carbocycles. The van der Waals surface area contributed by atoms with E-state index < -0.39 is 0 Å². The molecule has 3 heteroatoms. The van der Waals surface area contributed by atoms with Crippen LogP contribution >= 0.6 is 0 Å². The third kappa shape index (κ3) is 1.39. The largest absolute Gasteiger partial charge is 0.497 e. The molecule has 3 nitrogen and oxygen atoms in total. The maximum Gasteiger partial charge on any atom is 0.119 e. The fourth-order valence-corrected chi connectivity index (χ4v) is 2.85. The minimum atomic E-state index is 0.279. The highest BCUT2D eigenvalue weighted by Crippen LogP contribution is 2.44. The SMILES string of the molecule is COc1ccc2c(c1)C1OCCC1CN2C. The Hall–Kier alpha value is -1.22. The number of benzene rings is 1. The molecule has 1 aromatic rings. The minimum Gasteiger partial charge on any atom is -0.497 e. The van der Waals surface area contributed by atoms with E-state index in [0.717, 1.165) is 18.9 Å². The zero-order valence-electron chi connectivity index (χ0n) is 9.77. The molecule has 1 fully saturated rings. The number of anilines is 1. The average molecular weight is 219 g/mol. The van der Waals surface area contributed by atoms with Gasteiger partial charge in [0.1, 0.15) is 5.75 Å². The Balaban J connectivity index is 2.07. The lowest BCUT2D eigenvalue weighted by Crippen LogP contribution is -2.33. The molecule has 0 radical (unpaired) electrons. The second-order valence-corrected chi connectivity index (χ2v) is 4.65. The van der Waals surface area contributed by atoms with Gasteiger partial charge in [0.2, 0.25) is 0 Å². The van der Waals surface area contributed by atoms with Gasteiger partial charge in [0.05, 0.1) is 13.2 Å². The Bertz CT molecular complexity index is 405. The Morgan fingerprint density at radius 2 is 2.31 bits per heavy atom. The van der Waals surface area contributed by atoms with Crippen LogP contribution in [0.1, 0.15) is 18.1 Å². The first kappa shape index (κ1) is 9.97. The number of hydrogen-bond donors (Lipinski definition) is 0. The first-order valence-electron chi connectivity index (χ1n) is 5.80. The first-order valence-corrected chi connectivity index (χ1v) is 5.80. The Morgan fingerprint density at radius 1 is 1.44 bits per heavy atom. The number of hydrogen-bond acceptors (Lipinski definition) is 3. The summed E-state index contributed by atoms with van der Waals surface area (Å²) < 4.78 is 11.1. The van der Waals surface area contributed by atoms with Crippen LogP contribution in [0.5, 0.6) is 5.75 Å². The van der Waals surface area contributed by atoms with Gasteiger partial charge in [-0.05, 0) is 24.6 Å². The molecular formula is C13H17NO2. The minimum absolute atomic E-state index is 0.279. The van der Waals surface area contributed by atoms with Gasteiger partial charge in [0.15, 0.2) is 0 Å². The predicted octanol–water partition coefficient (Wildman–Crippen LogP) is 2.22. The molecule has 2 unspecified atom stereocenters. The van der Waals surface area contributed by atoms with Crippen molar-refractivity contribution in [2.45, 2.75) is 12.5 Å². The van der Waals surface area contributed by atoms with Crippen LogP contribution in [-0.4, -0.2) is 27.3 Å². The summed E-state index contributed by atoms with van der Waals surface area (Å²) in [5, 5.41) is 0. The lowest BCUT2D eigenvalue weighted by atomic mass is 9.89. The summed E-state index contributed by atoms with van der Waals surface area (Å²) in [7, 11) is 3.86. The van der Waals surface area contributed by atoms with Crippen LogP contribution in [0.15, 0.2) is 18.2 Å². The van der Waals surface area contributed by atoms with Gasteiger partial charge in [-0.3, -0.25) is 0 Å². The molecular weight excluding hydrogens is 202 g/mol. The van der Waals surface area contributed by atoms with E-state index in [2.05, 4.69) is 24.1 Å². The Morgan fingerprint density at radius 3 is 3.12 bits per heavy atom. The van der Waals surface area contributed by atoms with Gasteiger partial charge < -0.3 is 14.4 Å². The van der Waals surface area contributed by atoms with E-state index in [0.29, 0.717) is 5.92 Å². The lowest BCUT2D eigenvalue weighted by molar-refractivity contribution is 0.0889. The summed E-state index contributed by atoms with van der Waals surface area (Å²) in [5.74, 6) is 1.56. The number of rotatable bonds is 1. The van der Waals surface area contributed by atoms with E-state index in [4.69, 9.17) is 9.47 Å². The monoisotopic (exact) mass is 219 g/mol. The summed E-state index contributed by atoms with van der Waals surface area (Å²) >= 11 is 0. The molecule has 0 spiro atoms. The van der Waals surface area contributed by atoms with E-state index in [1.54, 1.807) is 7.11 Å². The van der Waals surface area contributed by atoms with Crippen molar-refractivity contribution in [3.05, 3.63) is 23.8 Å². The summed E-state index contributed by atoms with van der Waals surface area (Å²) in [6.07, 6.45) is 1.45. The molecule has 2 atom stereocenters. The molecule has 2 aliphatic heterocycles. The molecule has 16 heavy (non-hydrogen) atoms. The van der Waals surface area contributed by atoms with Gasteiger partial charge in [0, 0.05) is 37.4 Å². The predicted molar refractivity (Wildman–Crippen MR) is 63.1 cm³/mol. The van der Waals surface area contributed by atoms with Gasteiger partial charge >= 0.3 is 0 Å². The van der Waals surface area contributed by atoms with Crippen molar-refractivity contribution in [2.75, 3.05) is 32.2 Å². The van der Waals surface area contributed by atoms with E-state index in [-0.39, 0.29) is 6.10 Å². The first-order chi connectivity index (χ1) is 7.79. The Labute approximate surface area is 96.0 Å². The summed E-state index contributed by atoms with van der Waals surface area (Å²) in [6.45, 7) is 1.99. The van der Waals surface area contributed by atoms with Gasteiger partial charge in [-0.2, -0.15) is 0 Å². The molecule has 0 amide bonds. The van der Waals surface area contributed by atoms with E-state index >= 15 is 0 Å². The zero-order valence-corrected chi connectivity index (χ0v) is 9.77. The molecule has 0 aromatic heterocycles. The van der Waals surface area contributed by atoms with Crippen LogP contribution in [0, 0.1) is 5.92 Å². The van der Waals surface area contributed by atoms with E-state index in [1.165, 1.54) is 17.7 Å². The van der Waals surface area contributed by atoms with Crippen molar-refractivity contribution in [1.82, 2.24) is 0 Å². The number of methoxy groups -OCH3 is 1. The third-order valence-corrected chi connectivity index (χ3v) is 3.68. The van der Waals surface area contributed by atoms with Gasteiger partial charge in [-0.25, -0.2) is 0 Å². The van der Waals surface area contributed by atoms with Crippen LogP contribution in [0.4, 0.5) is 5.69 Å². The van der Waals surface area contributed by atoms with Crippen molar-refractivity contribution < 1.29 is 9.47 Å². The second kappa shape index (κ2) is 3.67. The van der Waals surface area contributed by atoms with Crippen LogP contribution in [0.2, 0.25) is 0 Å². The molecule has 1 saturated heterocycles. The molecule has 0 bridgehead atoms. The fraction of sp³-hybridized carbons (Fsp3) is 0.538. The quantitative estimate of drug-likeness (QED) is 0.723.